The number of hydrogen-bond acceptors (Lipinski definition) is 3. The van der Waals surface area contributed by atoms with E-state index < -0.39 is 0 Å². The van der Waals surface area contributed by atoms with Gasteiger partial charge >= 0.3 is 0 Å². The molecule has 0 aromatic carbocycles. The van der Waals surface area contributed by atoms with E-state index in [2.05, 4.69) is 33.7 Å². The molecule has 0 saturated carbocycles. The highest BCUT2D eigenvalue weighted by atomic mass is 32.1. The largest absolute Gasteiger partial charge is 0.345 e. The number of imidazole rings is 1. The molecule has 0 radical (unpaired) electrons. The summed E-state index contributed by atoms with van der Waals surface area (Å²) < 4.78 is 0. The average Bonchev–Trinajstić information content (AvgIpc) is 2.77. The fourth-order valence-corrected chi connectivity index (χ4v) is 2.33. The van der Waals surface area contributed by atoms with E-state index in [1.165, 1.54) is 10.4 Å². The van der Waals surface area contributed by atoms with Crippen LogP contribution in [-0.2, 0) is 13.1 Å². The molecule has 0 aliphatic carbocycles. The van der Waals surface area contributed by atoms with Crippen LogP contribution in [0.2, 0.25) is 0 Å². The van der Waals surface area contributed by atoms with Crippen molar-refractivity contribution in [3.63, 3.8) is 0 Å². The lowest BCUT2D eigenvalue weighted by Gasteiger charge is -2.01. The Hall–Kier alpha value is -1.13. The topological polar surface area (TPSA) is 40.7 Å². The molecule has 0 saturated heterocycles. The average molecular weight is 221 g/mol. The Morgan fingerprint density at radius 3 is 2.87 bits per heavy atom. The minimum absolute atomic E-state index is 0.845. The van der Waals surface area contributed by atoms with E-state index in [9.17, 15) is 0 Å². The SMILES string of the molecule is Cc1ncc(CNCc2sccc2C)[nH]1. The predicted octanol–water partition coefficient (Wildman–Crippen LogP) is 2.38. The van der Waals surface area contributed by atoms with E-state index >= 15 is 0 Å². The third kappa shape index (κ3) is 2.67. The van der Waals surface area contributed by atoms with Crippen molar-refractivity contribution in [2.24, 2.45) is 0 Å². The van der Waals surface area contributed by atoms with Crippen LogP contribution in [0.15, 0.2) is 17.6 Å². The summed E-state index contributed by atoms with van der Waals surface area (Å²) in [6, 6.07) is 2.15. The maximum absolute atomic E-state index is 4.16. The molecule has 0 spiro atoms. The van der Waals surface area contributed by atoms with Crippen molar-refractivity contribution in [3.8, 4) is 0 Å². The predicted molar refractivity (Wildman–Crippen MR) is 62.9 cm³/mol. The summed E-state index contributed by atoms with van der Waals surface area (Å²) >= 11 is 1.80. The van der Waals surface area contributed by atoms with Gasteiger partial charge in [0, 0.05) is 29.9 Å². The second-order valence-electron chi connectivity index (χ2n) is 3.62. The molecule has 0 bridgehead atoms. The summed E-state index contributed by atoms with van der Waals surface area (Å²) in [5.41, 5.74) is 2.51. The van der Waals surface area contributed by atoms with Crippen LogP contribution in [0.4, 0.5) is 0 Å². The van der Waals surface area contributed by atoms with Gasteiger partial charge in [-0.25, -0.2) is 4.98 Å². The standard InChI is InChI=1S/C11H15N3S/c1-8-3-4-15-11(8)7-12-5-10-6-13-9(2)14-10/h3-4,6,12H,5,7H2,1-2H3,(H,13,14). The van der Waals surface area contributed by atoms with Crippen molar-refractivity contribution in [3.05, 3.63) is 39.6 Å². The van der Waals surface area contributed by atoms with Crippen LogP contribution in [0.1, 0.15) is 22.0 Å². The molecule has 4 heteroatoms. The zero-order valence-electron chi connectivity index (χ0n) is 9.00. The van der Waals surface area contributed by atoms with Gasteiger partial charge in [-0.15, -0.1) is 11.3 Å². The normalized spacial score (nSPS) is 10.8. The van der Waals surface area contributed by atoms with Gasteiger partial charge in [0.05, 0.1) is 0 Å². The van der Waals surface area contributed by atoms with Gasteiger partial charge in [0.2, 0.25) is 0 Å². The van der Waals surface area contributed by atoms with Crippen LogP contribution in [0, 0.1) is 13.8 Å². The maximum atomic E-state index is 4.16. The summed E-state index contributed by atoms with van der Waals surface area (Å²) in [5.74, 6) is 0.971. The van der Waals surface area contributed by atoms with Crippen molar-refractivity contribution in [2.75, 3.05) is 0 Å². The Labute approximate surface area is 93.6 Å². The van der Waals surface area contributed by atoms with Gasteiger partial charge in [-0.05, 0) is 30.9 Å². The van der Waals surface area contributed by atoms with Gasteiger partial charge in [0.25, 0.3) is 0 Å². The van der Waals surface area contributed by atoms with E-state index in [0.717, 1.165) is 24.6 Å². The van der Waals surface area contributed by atoms with E-state index in [4.69, 9.17) is 0 Å². The molecule has 2 heterocycles. The number of aromatic nitrogens is 2. The molecule has 2 rings (SSSR count). The van der Waals surface area contributed by atoms with Crippen LogP contribution < -0.4 is 5.32 Å². The van der Waals surface area contributed by atoms with E-state index in [0.29, 0.717) is 0 Å². The molecule has 0 aliphatic heterocycles. The first kappa shape index (κ1) is 10.4. The fourth-order valence-electron chi connectivity index (χ4n) is 1.46. The van der Waals surface area contributed by atoms with Gasteiger partial charge in [0.1, 0.15) is 5.82 Å². The Balaban J connectivity index is 1.83. The quantitative estimate of drug-likeness (QED) is 0.832. The molecule has 2 aromatic heterocycles. The van der Waals surface area contributed by atoms with Crippen molar-refractivity contribution in [2.45, 2.75) is 26.9 Å². The van der Waals surface area contributed by atoms with Gasteiger partial charge in [-0.2, -0.15) is 0 Å². The van der Waals surface area contributed by atoms with Crippen molar-refractivity contribution in [1.29, 1.82) is 0 Å². The van der Waals surface area contributed by atoms with Gasteiger partial charge in [0.15, 0.2) is 0 Å². The molecular weight excluding hydrogens is 206 g/mol. The van der Waals surface area contributed by atoms with Gasteiger partial charge in [-0.3, -0.25) is 0 Å². The zero-order chi connectivity index (χ0) is 10.7. The Kier molecular flexibility index (Phi) is 3.18. The first-order valence-electron chi connectivity index (χ1n) is 5.00. The third-order valence-electron chi connectivity index (χ3n) is 2.32. The van der Waals surface area contributed by atoms with E-state index in [1.807, 2.05) is 13.1 Å². The first-order valence-corrected chi connectivity index (χ1v) is 5.88. The highest BCUT2D eigenvalue weighted by molar-refractivity contribution is 7.10. The van der Waals surface area contributed by atoms with Crippen LogP contribution in [-0.4, -0.2) is 9.97 Å². The maximum Gasteiger partial charge on any atom is 0.103 e. The van der Waals surface area contributed by atoms with Crippen molar-refractivity contribution in [1.82, 2.24) is 15.3 Å². The highest BCUT2D eigenvalue weighted by Gasteiger charge is 2.00. The molecule has 0 unspecified atom stereocenters. The van der Waals surface area contributed by atoms with E-state index in [1.54, 1.807) is 11.3 Å². The fraction of sp³-hybridized carbons (Fsp3) is 0.364. The molecule has 0 amide bonds. The highest BCUT2D eigenvalue weighted by Crippen LogP contribution is 2.14. The van der Waals surface area contributed by atoms with Crippen molar-refractivity contribution >= 4 is 11.3 Å². The molecule has 0 atom stereocenters. The number of aromatic amines is 1. The van der Waals surface area contributed by atoms with Gasteiger partial charge < -0.3 is 10.3 Å². The molecule has 15 heavy (non-hydrogen) atoms. The Morgan fingerprint density at radius 1 is 1.40 bits per heavy atom. The lowest BCUT2D eigenvalue weighted by Crippen LogP contribution is -2.12. The third-order valence-corrected chi connectivity index (χ3v) is 3.35. The van der Waals surface area contributed by atoms with Crippen LogP contribution in [0.5, 0.6) is 0 Å². The number of thiophene rings is 1. The lowest BCUT2D eigenvalue weighted by molar-refractivity contribution is 0.686. The molecule has 2 N–H and O–H groups in total. The van der Waals surface area contributed by atoms with Crippen LogP contribution >= 0.6 is 11.3 Å². The van der Waals surface area contributed by atoms with Crippen LogP contribution in [0.3, 0.4) is 0 Å². The monoisotopic (exact) mass is 221 g/mol. The lowest BCUT2D eigenvalue weighted by atomic mass is 10.3. The summed E-state index contributed by atoms with van der Waals surface area (Å²) in [6.07, 6.45) is 1.88. The number of hydrogen-bond donors (Lipinski definition) is 2. The second-order valence-corrected chi connectivity index (χ2v) is 4.62. The molecule has 0 aliphatic rings. The summed E-state index contributed by atoms with van der Waals surface area (Å²) in [5, 5.41) is 5.53. The smallest absolute Gasteiger partial charge is 0.103 e. The van der Waals surface area contributed by atoms with Crippen molar-refractivity contribution < 1.29 is 0 Å². The molecule has 0 fully saturated rings. The number of aryl methyl sites for hydroxylation is 2. The van der Waals surface area contributed by atoms with E-state index in [-0.39, 0.29) is 0 Å². The summed E-state index contributed by atoms with van der Waals surface area (Å²) in [6.45, 7) is 5.89. The minimum atomic E-state index is 0.845. The zero-order valence-corrected chi connectivity index (χ0v) is 9.82. The van der Waals surface area contributed by atoms with Gasteiger partial charge in [-0.1, -0.05) is 0 Å². The molecular formula is C11H15N3S. The first-order chi connectivity index (χ1) is 7.25. The molecule has 3 nitrogen and oxygen atoms in total. The minimum Gasteiger partial charge on any atom is -0.345 e. The number of nitrogens with zero attached hydrogens (tertiary/aromatic N) is 1. The number of rotatable bonds is 4. The Bertz CT molecular complexity index is 430. The van der Waals surface area contributed by atoms with Crippen LogP contribution in [0.25, 0.3) is 0 Å². The number of nitrogens with one attached hydrogen (secondary N) is 2. The molecule has 2 aromatic rings. The Morgan fingerprint density at radius 2 is 2.27 bits per heavy atom. The second kappa shape index (κ2) is 4.59. The summed E-state index contributed by atoms with van der Waals surface area (Å²) in [4.78, 5) is 8.77. The number of H-pyrrole nitrogens is 1. The molecule has 80 valence electrons. The summed E-state index contributed by atoms with van der Waals surface area (Å²) in [7, 11) is 0.